The summed E-state index contributed by atoms with van der Waals surface area (Å²) in [6, 6.07) is 18.0. The molecule has 3 aromatic rings. The van der Waals surface area contributed by atoms with Gasteiger partial charge in [-0.25, -0.2) is 4.39 Å². The lowest BCUT2D eigenvalue weighted by molar-refractivity contribution is -0.112. The number of hydrogen-bond acceptors (Lipinski definition) is 4. The van der Waals surface area contributed by atoms with Gasteiger partial charge < -0.3 is 14.8 Å². The number of carbonyl (C=O) groups excluding carboxylic acids is 1. The van der Waals surface area contributed by atoms with Crippen molar-refractivity contribution in [2.24, 2.45) is 0 Å². The number of methoxy groups -OCH3 is 1. The molecule has 0 spiro atoms. The van der Waals surface area contributed by atoms with Gasteiger partial charge in [0.15, 0.2) is 11.5 Å². The van der Waals surface area contributed by atoms with Crippen molar-refractivity contribution < 1.29 is 18.7 Å². The molecule has 0 aliphatic heterocycles. The Morgan fingerprint density at radius 2 is 2.00 bits per heavy atom. The molecule has 32 heavy (non-hydrogen) atoms. The van der Waals surface area contributed by atoms with Crippen molar-refractivity contribution in [2.45, 2.75) is 6.61 Å². The molecule has 8 heteroatoms. The number of anilines is 1. The number of rotatable bonds is 7. The van der Waals surface area contributed by atoms with Crippen LogP contribution in [0.4, 0.5) is 10.1 Å². The van der Waals surface area contributed by atoms with Gasteiger partial charge in [-0.15, -0.1) is 0 Å². The highest BCUT2D eigenvalue weighted by molar-refractivity contribution is 9.10. The summed E-state index contributed by atoms with van der Waals surface area (Å²) in [5, 5.41) is 12.5. The summed E-state index contributed by atoms with van der Waals surface area (Å²) in [6.07, 6.45) is 1.43. The SMILES string of the molecule is COc1cc(/C=C(\C#N)C(=O)Nc2ccccc2Cl)cc(Br)c1OCc1cccc(F)c1. The van der Waals surface area contributed by atoms with Crippen LogP contribution in [0.5, 0.6) is 11.5 Å². The van der Waals surface area contributed by atoms with Crippen molar-refractivity contribution in [3.05, 3.63) is 92.7 Å². The van der Waals surface area contributed by atoms with Crippen molar-refractivity contribution in [2.75, 3.05) is 12.4 Å². The monoisotopic (exact) mass is 514 g/mol. The average molecular weight is 516 g/mol. The van der Waals surface area contributed by atoms with Crippen LogP contribution in [0, 0.1) is 17.1 Å². The van der Waals surface area contributed by atoms with Crippen molar-refractivity contribution in [1.82, 2.24) is 0 Å². The zero-order chi connectivity index (χ0) is 23.1. The van der Waals surface area contributed by atoms with Gasteiger partial charge in [-0.05, 0) is 69.5 Å². The fraction of sp³-hybridized carbons (Fsp3) is 0.0833. The molecule has 0 saturated carbocycles. The maximum absolute atomic E-state index is 13.4. The van der Waals surface area contributed by atoms with E-state index in [2.05, 4.69) is 21.2 Å². The Hall–Kier alpha value is -3.34. The van der Waals surface area contributed by atoms with E-state index in [1.165, 1.54) is 25.3 Å². The Bertz CT molecular complexity index is 1220. The molecule has 1 N–H and O–H groups in total. The molecule has 0 heterocycles. The third-order valence-corrected chi connectivity index (χ3v) is 5.24. The maximum atomic E-state index is 13.4. The molecule has 0 atom stereocenters. The fourth-order valence-corrected chi connectivity index (χ4v) is 3.57. The van der Waals surface area contributed by atoms with Crippen molar-refractivity contribution in [3.8, 4) is 17.6 Å². The Morgan fingerprint density at radius 3 is 2.69 bits per heavy atom. The van der Waals surface area contributed by atoms with E-state index in [9.17, 15) is 14.4 Å². The standard InChI is InChI=1S/C24H17BrClFN2O3/c1-31-22-12-16(9-17(13-28)24(30)29-21-8-3-2-7-20(21)26)11-19(25)23(22)32-14-15-5-4-6-18(27)10-15/h2-12H,14H2,1H3,(H,29,30)/b17-9+. The predicted molar refractivity (Wildman–Crippen MR) is 125 cm³/mol. The van der Waals surface area contributed by atoms with Crippen LogP contribution in [0.15, 0.2) is 70.7 Å². The first-order valence-corrected chi connectivity index (χ1v) is 10.5. The van der Waals surface area contributed by atoms with Crippen molar-refractivity contribution in [1.29, 1.82) is 5.26 Å². The molecular weight excluding hydrogens is 499 g/mol. The number of amides is 1. The fourth-order valence-electron chi connectivity index (χ4n) is 2.81. The van der Waals surface area contributed by atoms with Crippen LogP contribution in [0.1, 0.15) is 11.1 Å². The van der Waals surface area contributed by atoms with Crippen LogP contribution in [0.3, 0.4) is 0 Å². The number of ether oxygens (including phenoxy) is 2. The number of para-hydroxylation sites is 1. The van der Waals surface area contributed by atoms with Gasteiger partial charge in [0.2, 0.25) is 0 Å². The number of hydrogen-bond donors (Lipinski definition) is 1. The van der Waals surface area contributed by atoms with Crippen molar-refractivity contribution in [3.63, 3.8) is 0 Å². The third-order valence-electron chi connectivity index (χ3n) is 4.32. The molecule has 0 bridgehead atoms. The molecule has 0 aliphatic rings. The van der Waals surface area contributed by atoms with E-state index in [4.69, 9.17) is 21.1 Å². The van der Waals surface area contributed by atoms with Crippen LogP contribution >= 0.6 is 27.5 Å². The normalized spacial score (nSPS) is 10.9. The quantitative estimate of drug-likeness (QED) is 0.293. The first-order valence-electron chi connectivity index (χ1n) is 9.33. The summed E-state index contributed by atoms with van der Waals surface area (Å²) in [4.78, 5) is 12.5. The molecule has 0 radical (unpaired) electrons. The van der Waals surface area contributed by atoms with Gasteiger partial charge in [0, 0.05) is 0 Å². The molecule has 0 aliphatic carbocycles. The van der Waals surface area contributed by atoms with E-state index in [1.807, 2.05) is 6.07 Å². The Kier molecular flexibility index (Phi) is 7.87. The van der Waals surface area contributed by atoms with E-state index in [0.29, 0.717) is 37.8 Å². The van der Waals surface area contributed by atoms with Gasteiger partial charge in [-0.2, -0.15) is 5.26 Å². The molecule has 1 amide bonds. The molecule has 0 aromatic heterocycles. The molecule has 3 aromatic carbocycles. The van der Waals surface area contributed by atoms with Gasteiger partial charge in [-0.1, -0.05) is 35.9 Å². The second-order valence-corrected chi connectivity index (χ2v) is 7.82. The van der Waals surface area contributed by atoms with Crippen molar-refractivity contribution >= 4 is 45.2 Å². The lowest BCUT2D eigenvalue weighted by Crippen LogP contribution is -2.13. The minimum absolute atomic E-state index is 0.118. The smallest absolute Gasteiger partial charge is 0.266 e. The highest BCUT2D eigenvalue weighted by atomic mass is 79.9. The van der Waals surface area contributed by atoms with Gasteiger partial charge >= 0.3 is 0 Å². The Morgan fingerprint density at radius 1 is 1.22 bits per heavy atom. The van der Waals surface area contributed by atoms with E-state index in [-0.39, 0.29) is 18.0 Å². The van der Waals surface area contributed by atoms with E-state index in [1.54, 1.807) is 48.5 Å². The summed E-state index contributed by atoms with van der Waals surface area (Å²) in [7, 11) is 1.47. The minimum atomic E-state index is -0.595. The zero-order valence-corrected chi connectivity index (χ0v) is 19.2. The van der Waals surface area contributed by atoms with E-state index >= 15 is 0 Å². The van der Waals surface area contributed by atoms with Crippen LogP contribution in [0.25, 0.3) is 6.08 Å². The van der Waals surface area contributed by atoms with Gasteiger partial charge in [0.05, 0.1) is 22.3 Å². The second-order valence-electron chi connectivity index (χ2n) is 6.56. The molecule has 0 unspecified atom stereocenters. The molecule has 0 saturated heterocycles. The van der Waals surface area contributed by atoms with Crippen LogP contribution < -0.4 is 14.8 Å². The summed E-state index contributed by atoms with van der Waals surface area (Å²) >= 11 is 9.49. The summed E-state index contributed by atoms with van der Waals surface area (Å²) in [6.45, 7) is 0.131. The van der Waals surface area contributed by atoms with Crippen LogP contribution in [-0.2, 0) is 11.4 Å². The third kappa shape index (κ3) is 5.88. The number of nitriles is 1. The number of benzene rings is 3. The topological polar surface area (TPSA) is 71.3 Å². The molecule has 0 fully saturated rings. The Labute approximate surface area is 198 Å². The number of halogens is 3. The summed E-state index contributed by atoms with van der Waals surface area (Å²) in [5.74, 6) is -0.155. The number of nitrogens with zero attached hydrogens (tertiary/aromatic N) is 1. The van der Waals surface area contributed by atoms with E-state index in [0.717, 1.165) is 0 Å². The molecule has 162 valence electrons. The van der Waals surface area contributed by atoms with Crippen LogP contribution in [-0.4, -0.2) is 13.0 Å². The first-order chi connectivity index (χ1) is 15.4. The highest BCUT2D eigenvalue weighted by Gasteiger charge is 2.15. The first kappa shape index (κ1) is 23.3. The van der Waals surface area contributed by atoms with Crippen LogP contribution in [0.2, 0.25) is 5.02 Å². The van der Waals surface area contributed by atoms with Gasteiger partial charge in [0.25, 0.3) is 5.91 Å². The second kappa shape index (κ2) is 10.8. The Balaban J connectivity index is 1.83. The van der Waals surface area contributed by atoms with E-state index < -0.39 is 5.91 Å². The summed E-state index contributed by atoms with van der Waals surface area (Å²) < 4.78 is 25.1. The lowest BCUT2D eigenvalue weighted by Gasteiger charge is -2.14. The van der Waals surface area contributed by atoms with Gasteiger partial charge in [-0.3, -0.25) is 4.79 Å². The lowest BCUT2D eigenvalue weighted by atomic mass is 10.1. The number of nitrogens with one attached hydrogen (secondary N) is 1. The van der Waals surface area contributed by atoms with Gasteiger partial charge in [0.1, 0.15) is 24.1 Å². The highest BCUT2D eigenvalue weighted by Crippen LogP contribution is 2.38. The largest absolute Gasteiger partial charge is 0.493 e. The predicted octanol–water partition coefficient (Wildman–Crippen LogP) is 6.37. The minimum Gasteiger partial charge on any atom is -0.493 e. The molecular formula is C24H17BrClFN2O3. The summed E-state index contributed by atoms with van der Waals surface area (Å²) in [5.41, 5.74) is 1.48. The maximum Gasteiger partial charge on any atom is 0.266 e. The zero-order valence-electron chi connectivity index (χ0n) is 16.9. The number of carbonyl (C=O) groups is 1. The molecule has 5 nitrogen and oxygen atoms in total. The molecule has 3 rings (SSSR count). The average Bonchev–Trinajstić information content (AvgIpc) is 2.77.